The molecule has 0 aliphatic carbocycles. The van der Waals surface area contributed by atoms with E-state index in [4.69, 9.17) is 9.47 Å². The van der Waals surface area contributed by atoms with Crippen LogP contribution < -0.4 is 4.74 Å². The molecule has 0 spiro atoms. The van der Waals surface area contributed by atoms with Gasteiger partial charge in [-0.05, 0) is 37.3 Å². The van der Waals surface area contributed by atoms with Crippen LogP contribution in [0.3, 0.4) is 0 Å². The van der Waals surface area contributed by atoms with E-state index in [1.165, 1.54) is 62.5 Å². The van der Waals surface area contributed by atoms with Crippen molar-refractivity contribution in [2.75, 3.05) is 33.9 Å². The molecule has 36 heavy (non-hydrogen) atoms. The average molecular weight is 497 g/mol. The summed E-state index contributed by atoms with van der Waals surface area (Å²) in [6.07, 6.45) is 14.0. The van der Waals surface area contributed by atoms with Crippen molar-refractivity contribution in [1.29, 1.82) is 0 Å². The molecule has 0 amide bonds. The monoisotopic (exact) mass is 496 g/mol. The first kappa shape index (κ1) is 29.9. The van der Waals surface area contributed by atoms with Gasteiger partial charge in [-0.3, -0.25) is 4.79 Å². The highest BCUT2D eigenvalue weighted by Crippen LogP contribution is 2.21. The molecule has 2 aromatic carbocycles. The van der Waals surface area contributed by atoms with Crippen LogP contribution in [0.2, 0.25) is 0 Å². The van der Waals surface area contributed by atoms with Gasteiger partial charge in [-0.2, -0.15) is 0 Å². The second kappa shape index (κ2) is 18.0. The van der Waals surface area contributed by atoms with Crippen LogP contribution in [-0.4, -0.2) is 44.3 Å². The normalized spacial score (nSPS) is 11.4. The van der Waals surface area contributed by atoms with Crippen LogP contribution in [0.1, 0.15) is 88.7 Å². The smallest absolute Gasteiger partial charge is 0.305 e. The third kappa shape index (κ3) is 13.7. The molecule has 200 valence electrons. The molecule has 0 aliphatic heterocycles. The first-order valence-electron chi connectivity index (χ1n) is 14.2. The minimum absolute atomic E-state index is 0.126. The maximum absolute atomic E-state index is 12.1. The van der Waals surface area contributed by atoms with Gasteiger partial charge in [0, 0.05) is 12.0 Å². The van der Waals surface area contributed by atoms with Crippen molar-refractivity contribution in [3.8, 4) is 5.75 Å². The third-order valence-electron chi connectivity index (χ3n) is 6.72. The van der Waals surface area contributed by atoms with Crippen LogP contribution in [0.25, 0.3) is 0 Å². The molecule has 0 saturated heterocycles. The molecule has 0 fully saturated rings. The molecule has 0 heterocycles. The van der Waals surface area contributed by atoms with Crippen molar-refractivity contribution < 1.29 is 18.8 Å². The average Bonchev–Trinajstić information content (AvgIpc) is 2.87. The summed E-state index contributed by atoms with van der Waals surface area (Å²) in [5.74, 6) is 0.800. The fourth-order valence-corrected chi connectivity index (χ4v) is 4.65. The van der Waals surface area contributed by atoms with Gasteiger partial charge < -0.3 is 14.0 Å². The highest BCUT2D eigenvalue weighted by molar-refractivity contribution is 5.69. The standard InChI is InChI=1S/C32H50NO3/c1-4-5-6-7-8-9-10-14-21-30-22-15-16-23-31(30)35-26-27-36-32(34)24-17-18-25-33(2,3)28-29-19-12-11-13-20-29/h11-13,15-16,19-20,22-23H,4-10,14,17-18,21,24-28H2,1-3H3/q+1. The van der Waals surface area contributed by atoms with Gasteiger partial charge in [0.05, 0.1) is 20.6 Å². The second-order valence-corrected chi connectivity index (χ2v) is 10.7. The van der Waals surface area contributed by atoms with Crippen LogP contribution in [0, 0.1) is 0 Å². The number of unbranched alkanes of at least 4 members (excludes halogenated alkanes) is 8. The van der Waals surface area contributed by atoms with Crippen LogP contribution in [0.15, 0.2) is 54.6 Å². The lowest BCUT2D eigenvalue weighted by molar-refractivity contribution is -0.903. The van der Waals surface area contributed by atoms with Crippen LogP contribution in [0.4, 0.5) is 0 Å². The highest BCUT2D eigenvalue weighted by Gasteiger charge is 2.15. The van der Waals surface area contributed by atoms with Gasteiger partial charge in [0.2, 0.25) is 0 Å². The largest absolute Gasteiger partial charge is 0.490 e. The second-order valence-electron chi connectivity index (χ2n) is 10.7. The number of nitrogens with zero attached hydrogens (tertiary/aromatic N) is 1. The maximum atomic E-state index is 12.1. The number of ether oxygens (including phenoxy) is 2. The molecule has 0 unspecified atom stereocenters. The van der Waals surface area contributed by atoms with E-state index in [0.717, 1.165) is 42.6 Å². The van der Waals surface area contributed by atoms with E-state index in [0.29, 0.717) is 19.6 Å². The fourth-order valence-electron chi connectivity index (χ4n) is 4.65. The van der Waals surface area contributed by atoms with Crippen molar-refractivity contribution in [2.45, 2.75) is 90.5 Å². The number of para-hydroxylation sites is 1. The summed E-state index contributed by atoms with van der Waals surface area (Å²) >= 11 is 0. The zero-order valence-electron chi connectivity index (χ0n) is 23.2. The highest BCUT2D eigenvalue weighted by atomic mass is 16.6. The van der Waals surface area contributed by atoms with Gasteiger partial charge >= 0.3 is 5.97 Å². The third-order valence-corrected chi connectivity index (χ3v) is 6.72. The molecular weight excluding hydrogens is 446 g/mol. The number of rotatable bonds is 20. The number of esters is 1. The quantitative estimate of drug-likeness (QED) is 0.107. The van der Waals surface area contributed by atoms with E-state index in [1.54, 1.807) is 0 Å². The Balaban J connectivity index is 1.54. The minimum Gasteiger partial charge on any atom is -0.490 e. The van der Waals surface area contributed by atoms with Gasteiger partial charge in [-0.15, -0.1) is 0 Å². The van der Waals surface area contributed by atoms with E-state index < -0.39 is 0 Å². The molecule has 2 rings (SSSR count). The number of carbonyl (C=O) groups is 1. The van der Waals surface area contributed by atoms with Crippen LogP contribution in [-0.2, 0) is 22.5 Å². The van der Waals surface area contributed by atoms with E-state index >= 15 is 0 Å². The number of hydrogen-bond acceptors (Lipinski definition) is 3. The Bertz CT molecular complexity index is 834. The summed E-state index contributed by atoms with van der Waals surface area (Å²) in [4.78, 5) is 12.1. The van der Waals surface area contributed by atoms with Gasteiger partial charge in [0.25, 0.3) is 0 Å². The van der Waals surface area contributed by atoms with E-state index in [9.17, 15) is 4.79 Å². The number of hydrogen-bond donors (Lipinski definition) is 0. The number of carbonyl (C=O) groups excluding carboxylic acids is 1. The first-order chi connectivity index (χ1) is 17.5. The molecule has 0 bridgehead atoms. The minimum atomic E-state index is -0.126. The maximum Gasteiger partial charge on any atom is 0.305 e. The summed E-state index contributed by atoms with van der Waals surface area (Å²) in [6.45, 7) is 5.02. The summed E-state index contributed by atoms with van der Waals surface area (Å²) in [6, 6.07) is 18.8. The summed E-state index contributed by atoms with van der Waals surface area (Å²) in [7, 11) is 4.49. The lowest BCUT2D eigenvalue weighted by Gasteiger charge is -2.30. The Morgan fingerprint density at radius 2 is 1.42 bits per heavy atom. The van der Waals surface area contributed by atoms with Crippen LogP contribution in [0.5, 0.6) is 5.75 Å². The lowest BCUT2D eigenvalue weighted by atomic mass is 10.0. The predicted molar refractivity (Wildman–Crippen MR) is 150 cm³/mol. The molecule has 0 radical (unpaired) electrons. The Kier molecular flexibility index (Phi) is 14.9. The van der Waals surface area contributed by atoms with Crippen molar-refractivity contribution >= 4 is 5.97 Å². The molecule has 4 nitrogen and oxygen atoms in total. The Labute approximate surface area is 220 Å². The molecule has 2 aromatic rings. The molecule has 0 N–H and O–H groups in total. The molecule has 0 aromatic heterocycles. The van der Waals surface area contributed by atoms with Gasteiger partial charge in [-0.25, -0.2) is 0 Å². The topological polar surface area (TPSA) is 35.5 Å². The van der Waals surface area contributed by atoms with Gasteiger partial charge in [-0.1, -0.05) is 100 Å². The van der Waals surface area contributed by atoms with Crippen LogP contribution >= 0.6 is 0 Å². The van der Waals surface area contributed by atoms with Crippen molar-refractivity contribution in [2.24, 2.45) is 0 Å². The SMILES string of the molecule is CCCCCCCCCCc1ccccc1OCCOC(=O)CCCC[N+](C)(C)Cc1ccccc1. The van der Waals surface area contributed by atoms with Crippen molar-refractivity contribution in [1.82, 2.24) is 0 Å². The zero-order chi connectivity index (χ0) is 25.9. The molecule has 0 saturated carbocycles. The summed E-state index contributed by atoms with van der Waals surface area (Å²) in [5.41, 5.74) is 2.60. The first-order valence-corrected chi connectivity index (χ1v) is 14.2. The summed E-state index contributed by atoms with van der Waals surface area (Å²) < 4.78 is 12.3. The molecule has 0 atom stereocenters. The number of aryl methyl sites for hydroxylation is 1. The van der Waals surface area contributed by atoms with E-state index in [1.807, 2.05) is 12.1 Å². The van der Waals surface area contributed by atoms with Gasteiger partial charge in [0.1, 0.15) is 25.5 Å². The Morgan fingerprint density at radius 3 is 2.17 bits per heavy atom. The van der Waals surface area contributed by atoms with Gasteiger partial charge in [0.15, 0.2) is 0 Å². The van der Waals surface area contributed by atoms with Crippen molar-refractivity contribution in [3.05, 3.63) is 65.7 Å². The molecule has 4 heteroatoms. The lowest BCUT2D eigenvalue weighted by Crippen LogP contribution is -2.39. The zero-order valence-corrected chi connectivity index (χ0v) is 23.2. The number of benzene rings is 2. The Hall–Kier alpha value is -2.33. The summed E-state index contributed by atoms with van der Waals surface area (Å²) in [5, 5.41) is 0. The number of quaternary nitrogens is 1. The fraction of sp³-hybridized carbons (Fsp3) is 0.594. The molecule has 0 aliphatic rings. The molecular formula is C32H50NO3+. The van der Waals surface area contributed by atoms with E-state index in [-0.39, 0.29) is 5.97 Å². The Morgan fingerprint density at radius 1 is 0.750 bits per heavy atom. The van der Waals surface area contributed by atoms with E-state index in [2.05, 4.69) is 63.5 Å². The predicted octanol–water partition coefficient (Wildman–Crippen LogP) is 7.74. The van der Waals surface area contributed by atoms with Crippen molar-refractivity contribution in [3.63, 3.8) is 0 Å².